The van der Waals surface area contributed by atoms with Gasteiger partial charge in [0.2, 0.25) is 0 Å². The van der Waals surface area contributed by atoms with Crippen LogP contribution in [0.4, 0.5) is 0 Å². The zero-order valence-electron chi connectivity index (χ0n) is 8.67. The second kappa shape index (κ2) is 6.05. The van der Waals surface area contributed by atoms with E-state index in [0.29, 0.717) is 5.92 Å². The first-order valence-corrected chi connectivity index (χ1v) is 5.61. The maximum absolute atomic E-state index is 5.96. The molecule has 0 saturated carbocycles. The number of rotatable bonds is 5. The van der Waals surface area contributed by atoms with E-state index in [1.807, 2.05) is 12.1 Å². The Labute approximate surface area is 91.3 Å². The fourth-order valence-electron chi connectivity index (χ4n) is 1.73. The highest BCUT2D eigenvalue weighted by molar-refractivity contribution is 6.30. The Kier molecular flexibility index (Phi) is 4.99. The molecule has 0 heterocycles. The van der Waals surface area contributed by atoms with Crippen LogP contribution in [-0.4, -0.2) is 6.54 Å². The Morgan fingerprint density at radius 3 is 2.79 bits per heavy atom. The number of hydrogen-bond acceptors (Lipinski definition) is 1. The summed E-state index contributed by atoms with van der Waals surface area (Å²) in [5, 5.41) is 0.827. The maximum atomic E-state index is 5.96. The molecule has 0 aliphatic rings. The summed E-state index contributed by atoms with van der Waals surface area (Å²) in [5.41, 5.74) is 6.85. The molecule has 0 fully saturated rings. The van der Waals surface area contributed by atoms with Crippen LogP contribution in [0.25, 0.3) is 0 Å². The summed E-state index contributed by atoms with van der Waals surface area (Å²) in [7, 11) is 0. The van der Waals surface area contributed by atoms with Gasteiger partial charge in [0, 0.05) is 5.02 Å². The van der Waals surface area contributed by atoms with Crippen LogP contribution in [0, 0.1) is 0 Å². The summed E-state index contributed by atoms with van der Waals surface area (Å²) < 4.78 is 0. The van der Waals surface area contributed by atoms with E-state index in [9.17, 15) is 0 Å². The lowest BCUT2D eigenvalue weighted by Crippen LogP contribution is -2.03. The molecule has 0 radical (unpaired) electrons. The first-order chi connectivity index (χ1) is 6.77. The van der Waals surface area contributed by atoms with Gasteiger partial charge >= 0.3 is 0 Å². The molecule has 0 saturated heterocycles. The normalized spacial score (nSPS) is 12.8. The molecule has 0 aliphatic carbocycles. The standard InChI is InChI=1S/C12H18ClN/c1-2-10(6-4-8-14)11-5-3-7-12(13)9-11/h3,5,7,9-10H,2,4,6,8,14H2,1H3. The van der Waals surface area contributed by atoms with Gasteiger partial charge < -0.3 is 5.73 Å². The molecule has 2 heteroatoms. The highest BCUT2D eigenvalue weighted by Crippen LogP contribution is 2.26. The van der Waals surface area contributed by atoms with Crippen LogP contribution in [0.15, 0.2) is 24.3 Å². The number of hydrogen-bond donors (Lipinski definition) is 1. The molecule has 0 spiro atoms. The average Bonchev–Trinajstić information content (AvgIpc) is 2.19. The summed E-state index contributed by atoms with van der Waals surface area (Å²) in [6.45, 7) is 2.99. The fourth-order valence-corrected chi connectivity index (χ4v) is 1.93. The van der Waals surface area contributed by atoms with Crippen molar-refractivity contribution in [3.8, 4) is 0 Å². The van der Waals surface area contributed by atoms with E-state index in [4.69, 9.17) is 17.3 Å². The minimum absolute atomic E-state index is 0.609. The van der Waals surface area contributed by atoms with Crippen molar-refractivity contribution < 1.29 is 0 Å². The van der Waals surface area contributed by atoms with Crippen LogP contribution in [0.2, 0.25) is 5.02 Å². The summed E-state index contributed by atoms with van der Waals surface area (Å²) in [6, 6.07) is 8.15. The smallest absolute Gasteiger partial charge is 0.0408 e. The Balaban J connectivity index is 2.68. The molecule has 1 nitrogen and oxygen atoms in total. The molecule has 1 aromatic rings. The van der Waals surface area contributed by atoms with Gasteiger partial charge in [0.05, 0.1) is 0 Å². The predicted octanol–water partition coefficient (Wildman–Crippen LogP) is 3.57. The summed E-state index contributed by atoms with van der Waals surface area (Å²) in [5.74, 6) is 0.609. The summed E-state index contributed by atoms with van der Waals surface area (Å²) >= 11 is 5.96. The Morgan fingerprint density at radius 2 is 2.21 bits per heavy atom. The monoisotopic (exact) mass is 211 g/mol. The molecule has 0 amide bonds. The third kappa shape index (κ3) is 3.32. The Morgan fingerprint density at radius 1 is 1.43 bits per heavy atom. The lowest BCUT2D eigenvalue weighted by molar-refractivity contribution is 0.581. The minimum Gasteiger partial charge on any atom is -0.330 e. The molecular weight excluding hydrogens is 194 g/mol. The predicted molar refractivity (Wildman–Crippen MR) is 62.8 cm³/mol. The molecule has 1 unspecified atom stereocenters. The van der Waals surface area contributed by atoms with Gasteiger partial charge in [-0.2, -0.15) is 0 Å². The molecule has 78 valence electrons. The van der Waals surface area contributed by atoms with Gasteiger partial charge in [-0.15, -0.1) is 0 Å². The van der Waals surface area contributed by atoms with Crippen molar-refractivity contribution in [2.75, 3.05) is 6.54 Å². The molecular formula is C12H18ClN. The first kappa shape index (κ1) is 11.5. The van der Waals surface area contributed by atoms with E-state index in [2.05, 4.69) is 19.1 Å². The zero-order chi connectivity index (χ0) is 10.4. The van der Waals surface area contributed by atoms with Crippen LogP contribution in [0.5, 0.6) is 0 Å². The molecule has 0 aliphatic heterocycles. The van der Waals surface area contributed by atoms with Gasteiger partial charge in [-0.25, -0.2) is 0 Å². The number of benzene rings is 1. The highest BCUT2D eigenvalue weighted by atomic mass is 35.5. The van der Waals surface area contributed by atoms with Crippen LogP contribution >= 0.6 is 11.6 Å². The molecule has 2 N–H and O–H groups in total. The van der Waals surface area contributed by atoms with Crippen LogP contribution < -0.4 is 5.73 Å². The van der Waals surface area contributed by atoms with E-state index < -0.39 is 0 Å². The summed E-state index contributed by atoms with van der Waals surface area (Å²) in [6.07, 6.45) is 3.40. The van der Waals surface area contributed by atoms with Gasteiger partial charge in [0.15, 0.2) is 0 Å². The van der Waals surface area contributed by atoms with Gasteiger partial charge in [0.1, 0.15) is 0 Å². The van der Waals surface area contributed by atoms with Crippen LogP contribution in [0.3, 0.4) is 0 Å². The SMILES string of the molecule is CCC(CCCN)c1cccc(Cl)c1. The second-order valence-electron chi connectivity index (χ2n) is 3.59. The molecule has 1 atom stereocenters. The van der Waals surface area contributed by atoms with Crippen molar-refractivity contribution in [2.24, 2.45) is 5.73 Å². The fraction of sp³-hybridized carbons (Fsp3) is 0.500. The lowest BCUT2D eigenvalue weighted by atomic mass is 9.92. The van der Waals surface area contributed by atoms with Crippen molar-refractivity contribution in [1.82, 2.24) is 0 Å². The van der Waals surface area contributed by atoms with E-state index in [1.165, 1.54) is 5.56 Å². The zero-order valence-corrected chi connectivity index (χ0v) is 9.43. The van der Waals surface area contributed by atoms with Gasteiger partial charge in [-0.1, -0.05) is 30.7 Å². The highest BCUT2D eigenvalue weighted by Gasteiger charge is 2.08. The van der Waals surface area contributed by atoms with Crippen molar-refractivity contribution in [2.45, 2.75) is 32.1 Å². The molecule has 0 aromatic heterocycles. The molecule has 0 bridgehead atoms. The van der Waals surface area contributed by atoms with E-state index >= 15 is 0 Å². The molecule has 1 aromatic carbocycles. The van der Waals surface area contributed by atoms with Crippen molar-refractivity contribution >= 4 is 11.6 Å². The van der Waals surface area contributed by atoms with Crippen molar-refractivity contribution in [3.05, 3.63) is 34.9 Å². The van der Waals surface area contributed by atoms with Crippen molar-refractivity contribution in [3.63, 3.8) is 0 Å². The second-order valence-corrected chi connectivity index (χ2v) is 4.03. The third-order valence-electron chi connectivity index (χ3n) is 2.57. The van der Waals surface area contributed by atoms with Crippen LogP contribution in [0.1, 0.15) is 37.7 Å². The average molecular weight is 212 g/mol. The van der Waals surface area contributed by atoms with E-state index in [-0.39, 0.29) is 0 Å². The quantitative estimate of drug-likeness (QED) is 0.792. The Bertz CT molecular complexity index is 273. The first-order valence-electron chi connectivity index (χ1n) is 5.23. The largest absolute Gasteiger partial charge is 0.330 e. The maximum Gasteiger partial charge on any atom is 0.0408 e. The van der Waals surface area contributed by atoms with Gasteiger partial charge in [-0.3, -0.25) is 0 Å². The third-order valence-corrected chi connectivity index (χ3v) is 2.80. The minimum atomic E-state index is 0.609. The van der Waals surface area contributed by atoms with Gasteiger partial charge in [-0.05, 0) is 49.4 Å². The molecule has 14 heavy (non-hydrogen) atoms. The van der Waals surface area contributed by atoms with Gasteiger partial charge in [0.25, 0.3) is 0 Å². The summed E-state index contributed by atoms with van der Waals surface area (Å²) in [4.78, 5) is 0. The number of halogens is 1. The Hall–Kier alpha value is -0.530. The number of nitrogens with two attached hydrogens (primary N) is 1. The topological polar surface area (TPSA) is 26.0 Å². The molecule has 1 rings (SSSR count). The van der Waals surface area contributed by atoms with E-state index in [0.717, 1.165) is 30.8 Å². The van der Waals surface area contributed by atoms with Crippen LogP contribution in [-0.2, 0) is 0 Å². The lowest BCUT2D eigenvalue weighted by Gasteiger charge is -2.14. The van der Waals surface area contributed by atoms with E-state index in [1.54, 1.807) is 0 Å². The van der Waals surface area contributed by atoms with Crippen molar-refractivity contribution in [1.29, 1.82) is 0 Å².